The number of unbranched alkanes of at least 4 members (excludes halogenated alkanes) is 1. The third-order valence-corrected chi connectivity index (χ3v) is 5.35. The lowest BCUT2D eigenvalue weighted by molar-refractivity contribution is 0.414. The van der Waals surface area contributed by atoms with Gasteiger partial charge in [-0.25, -0.2) is 0 Å². The van der Waals surface area contributed by atoms with Crippen LogP contribution in [0.4, 0.5) is 0 Å². The van der Waals surface area contributed by atoms with E-state index in [1.54, 1.807) is 7.11 Å². The van der Waals surface area contributed by atoms with E-state index in [0.29, 0.717) is 0 Å². The third kappa shape index (κ3) is 3.56. The summed E-state index contributed by atoms with van der Waals surface area (Å²) in [6, 6.07) is 25.9. The summed E-state index contributed by atoms with van der Waals surface area (Å²) in [5.41, 5.74) is 4.11. The van der Waals surface area contributed by atoms with Gasteiger partial charge in [-0.3, -0.25) is 9.36 Å². The SMILES string of the molecule is CCCCc1c(-c2ccccc2)n(-c2ccc(OC)cc2)c(=O)c2ccccc12. The van der Waals surface area contributed by atoms with E-state index in [-0.39, 0.29) is 5.56 Å². The van der Waals surface area contributed by atoms with Gasteiger partial charge in [0.15, 0.2) is 0 Å². The highest BCUT2D eigenvalue weighted by Gasteiger charge is 2.18. The van der Waals surface area contributed by atoms with Crippen LogP contribution in [0.3, 0.4) is 0 Å². The Morgan fingerprint density at radius 3 is 2.14 bits per heavy atom. The molecule has 1 aromatic heterocycles. The van der Waals surface area contributed by atoms with Crippen molar-refractivity contribution in [3.05, 3.63) is 94.8 Å². The van der Waals surface area contributed by atoms with E-state index in [4.69, 9.17) is 4.74 Å². The predicted molar refractivity (Wildman–Crippen MR) is 120 cm³/mol. The third-order valence-electron chi connectivity index (χ3n) is 5.35. The minimum atomic E-state index is 0.00451. The minimum absolute atomic E-state index is 0.00451. The molecule has 3 aromatic carbocycles. The van der Waals surface area contributed by atoms with Crippen LogP contribution in [-0.4, -0.2) is 11.7 Å². The summed E-state index contributed by atoms with van der Waals surface area (Å²) < 4.78 is 7.17. The van der Waals surface area contributed by atoms with Gasteiger partial charge in [0.25, 0.3) is 5.56 Å². The maximum Gasteiger partial charge on any atom is 0.263 e. The van der Waals surface area contributed by atoms with Crippen molar-refractivity contribution in [2.45, 2.75) is 26.2 Å². The lowest BCUT2D eigenvalue weighted by atomic mass is 9.95. The molecule has 29 heavy (non-hydrogen) atoms. The molecule has 0 spiro atoms. The standard InChI is InChI=1S/C26H25NO2/c1-3-4-12-23-22-13-8-9-14-24(22)26(28)27(20-15-17-21(29-2)18-16-20)25(23)19-10-6-5-7-11-19/h5-11,13-18H,3-4,12H2,1-2H3. The van der Waals surface area contributed by atoms with Crippen molar-refractivity contribution in [3.8, 4) is 22.7 Å². The van der Waals surface area contributed by atoms with Gasteiger partial charge in [0.05, 0.1) is 12.8 Å². The Balaban J connectivity index is 2.12. The van der Waals surface area contributed by atoms with Crippen LogP contribution in [-0.2, 0) is 6.42 Å². The number of methoxy groups -OCH3 is 1. The number of benzene rings is 3. The van der Waals surface area contributed by atoms with Gasteiger partial charge in [-0.1, -0.05) is 61.9 Å². The summed E-state index contributed by atoms with van der Waals surface area (Å²) >= 11 is 0. The summed E-state index contributed by atoms with van der Waals surface area (Å²) in [6.45, 7) is 2.20. The Morgan fingerprint density at radius 2 is 1.48 bits per heavy atom. The molecule has 0 N–H and O–H groups in total. The van der Waals surface area contributed by atoms with Gasteiger partial charge < -0.3 is 4.74 Å². The van der Waals surface area contributed by atoms with Crippen molar-refractivity contribution >= 4 is 10.8 Å². The molecule has 3 heteroatoms. The molecule has 0 aliphatic heterocycles. The van der Waals surface area contributed by atoms with Gasteiger partial charge in [-0.15, -0.1) is 0 Å². The number of hydrogen-bond acceptors (Lipinski definition) is 2. The second kappa shape index (κ2) is 8.36. The van der Waals surface area contributed by atoms with Gasteiger partial charge in [-0.2, -0.15) is 0 Å². The molecule has 0 aliphatic carbocycles. The summed E-state index contributed by atoms with van der Waals surface area (Å²) in [5.74, 6) is 0.773. The molecule has 0 unspecified atom stereocenters. The summed E-state index contributed by atoms with van der Waals surface area (Å²) in [7, 11) is 1.65. The van der Waals surface area contributed by atoms with Crippen molar-refractivity contribution in [1.82, 2.24) is 4.57 Å². The summed E-state index contributed by atoms with van der Waals surface area (Å²) in [4.78, 5) is 13.6. The highest BCUT2D eigenvalue weighted by molar-refractivity contribution is 5.90. The van der Waals surface area contributed by atoms with Crippen LogP contribution in [0, 0.1) is 0 Å². The van der Waals surface area contributed by atoms with E-state index in [0.717, 1.165) is 52.7 Å². The lowest BCUT2D eigenvalue weighted by Gasteiger charge is -2.20. The van der Waals surface area contributed by atoms with E-state index in [1.165, 1.54) is 5.56 Å². The van der Waals surface area contributed by atoms with E-state index in [9.17, 15) is 4.79 Å². The number of pyridine rings is 1. The molecule has 0 fully saturated rings. The fourth-order valence-electron chi connectivity index (χ4n) is 3.90. The van der Waals surface area contributed by atoms with E-state index < -0.39 is 0 Å². The van der Waals surface area contributed by atoms with Gasteiger partial charge in [0.1, 0.15) is 5.75 Å². The fourth-order valence-corrected chi connectivity index (χ4v) is 3.90. The van der Waals surface area contributed by atoms with Gasteiger partial charge in [0, 0.05) is 11.1 Å². The second-order valence-electron chi connectivity index (χ2n) is 7.18. The first kappa shape index (κ1) is 19.0. The Labute approximate surface area is 171 Å². The summed E-state index contributed by atoms with van der Waals surface area (Å²) in [6.07, 6.45) is 3.10. The Hall–Kier alpha value is -3.33. The first-order chi connectivity index (χ1) is 14.2. The Kier molecular flexibility index (Phi) is 5.48. The molecule has 0 aliphatic rings. The number of aromatic nitrogens is 1. The highest BCUT2D eigenvalue weighted by atomic mass is 16.5. The second-order valence-corrected chi connectivity index (χ2v) is 7.18. The summed E-state index contributed by atoms with van der Waals surface area (Å²) in [5, 5.41) is 1.81. The molecule has 0 radical (unpaired) electrons. The number of nitrogens with zero attached hydrogens (tertiary/aromatic N) is 1. The zero-order chi connectivity index (χ0) is 20.2. The average Bonchev–Trinajstić information content (AvgIpc) is 2.79. The first-order valence-corrected chi connectivity index (χ1v) is 10.1. The van der Waals surface area contributed by atoms with Crippen LogP contribution in [0.1, 0.15) is 25.3 Å². The number of rotatable bonds is 6. The van der Waals surface area contributed by atoms with Crippen LogP contribution >= 0.6 is 0 Å². The van der Waals surface area contributed by atoms with Crippen LogP contribution in [0.25, 0.3) is 27.7 Å². The quantitative estimate of drug-likeness (QED) is 0.408. The Bertz CT molecular complexity index is 1180. The molecule has 0 amide bonds. The van der Waals surface area contributed by atoms with E-state index in [1.807, 2.05) is 65.2 Å². The van der Waals surface area contributed by atoms with Crippen LogP contribution in [0.2, 0.25) is 0 Å². The smallest absolute Gasteiger partial charge is 0.263 e. The van der Waals surface area contributed by atoms with Crippen LogP contribution in [0.15, 0.2) is 83.7 Å². The molecular weight excluding hydrogens is 358 g/mol. The van der Waals surface area contributed by atoms with Crippen LogP contribution in [0.5, 0.6) is 5.75 Å². The monoisotopic (exact) mass is 383 g/mol. The Morgan fingerprint density at radius 1 is 0.828 bits per heavy atom. The van der Waals surface area contributed by atoms with Crippen molar-refractivity contribution < 1.29 is 4.74 Å². The number of fused-ring (bicyclic) bond motifs is 1. The molecule has 4 aromatic rings. The zero-order valence-electron chi connectivity index (χ0n) is 16.9. The molecule has 0 saturated carbocycles. The zero-order valence-corrected chi connectivity index (χ0v) is 16.9. The molecule has 4 rings (SSSR count). The maximum absolute atomic E-state index is 13.6. The minimum Gasteiger partial charge on any atom is -0.497 e. The van der Waals surface area contributed by atoms with Crippen molar-refractivity contribution in [1.29, 1.82) is 0 Å². The fraction of sp³-hybridized carbons (Fsp3) is 0.192. The molecule has 3 nitrogen and oxygen atoms in total. The largest absolute Gasteiger partial charge is 0.497 e. The van der Waals surface area contributed by atoms with E-state index in [2.05, 4.69) is 25.1 Å². The average molecular weight is 383 g/mol. The maximum atomic E-state index is 13.6. The van der Waals surface area contributed by atoms with Gasteiger partial charge in [-0.05, 0) is 59.7 Å². The number of aryl methyl sites for hydroxylation is 1. The number of ether oxygens (including phenoxy) is 1. The van der Waals surface area contributed by atoms with Crippen molar-refractivity contribution in [3.63, 3.8) is 0 Å². The predicted octanol–water partition coefficient (Wildman–Crippen LogP) is 6.01. The molecule has 0 saturated heterocycles. The lowest BCUT2D eigenvalue weighted by Crippen LogP contribution is -2.22. The molecule has 1 heterocycles. The van der Waals surface area contributed by atoms with Gasteiger partial charge in [0.2, 0.25) is 0 Å². The first-order valence-electron chi connectivity index (χ1n) is 10.1. The van der Waals surface area contributed by atoms with Crippen molar-refractivity contribution in [2.24, 2.45) is 0 Å². The van der Waals surface area contributed by atoms with E-state index >= 15 is 0 Å². The molecule has 146 valence electrons. The molecule has 0 atom stereocenters. The number of hydrogen-bond donors (Lipinski definition) is 0. The molecule has 0 bridgehead atoms. The van der Waals surface area contributed by atoms with Crippen molar-refractivity contribution in [2.75, 3.05) is 7.11 Å². The van der Waals surface area contributed by atoms with Crippen LogP contribution < -0.4 is 10.3 Å². The normalized spacial score (nSPS) is 11.0. The molecular formula is C26H25NO2. The highest BCUT2D eigenvalue weighted by Crippen LogP contribution is 2.32. The van der Waals surface area contributed by atoms with Gasteiger partial charge >= 0.3 is 0 Å². The topological polar surface area (TPSA) is 31.2 Å².